The fourth-order valence-electron chi connectivity index (χ4n) is 3.04. The van der Waals surface area contributed by atoms with Gasteiger partial charge in [0.15, 0.2) is 0 Å². The number of carbonyl (C=O) groups is 1. The van der Waals surface area contributed by atoms with Crippen molar-refractivity contribution in [2.75, 3.05) is 52.6 Å². The zero-order chi connectivity index (χ0) is 15.9. The number of thiophene rings is 1. The molecule has 6 nitrogen and oxygen atoms in total. The number of amides is 1. The van der Waals surface area contributed by atoms with Gasteiger partial charge in [-0.25, -0.2) is 0 Å². The van der Waals surface area contributed by atoms with Crippen molar-refractivity contribution >= 4 is 42.1 Å². The van der Waals surface area contributed by atoms with Crippen LogP contribution in [0.1, 0.15) is 17.3 Å². The summed E-state index contributed by atoms with van der Waals surface area (Å²) in [7, 11) is 0. The molecule has 2 fully saturated rings. The molecule has 0 aliphatic carbocycles. The number of ether oxygens (including phenoxy) is 2. The molecular formula is C16H27Cl2N3O3S. The fraction of sp³-hybridized carbons (Fsp3) is 0.688. The SMILES string of the molecule is Cl.Cl.O=C(CC1COCCN1)NCC(c1cccs1)N1CCOCC1. The molecule has 0 spiro atoms. The van der Waals surface area contributed by atoms with Gasteiger partial charge >= 0.3 is 0 Å². The van der Waals surface area contributed by atoms with Crippen LogP contribution in [-0.4, -0.2) is 69.5 Å². The van der Waals surface area contributed by atoms with E-state index in [-0.39, 0.29) is 42.8 Å². The van der Waals surface area contributed by atoms with Crippen molar-refractivity contribution in [3.8, 4) is 0 Å². The van der Waals surface area contributed by atoms with Crippen LogP contribution in [0.25, 0.3) is 0 Å². The topological polar surface area (TPSA) is 62.8 Å². The fourth-order valence-corrected chi connectivity index (χ4v) is 3.90. The van der Waals surface area contributed by atoms with Crippen LogP contribution < -0.4 is 10.6 Å². The van der Waals surface area contributed by atoms with Crippen molar-refractivity contribution in [3.63, 3.8) is 0 Å². The van der Waals surface area contributed by atoms with Crippen LogP contribution in [0, 0.1) is 0 Å². The van der Waals surface area contributed by atoms with Crippen LogP contribution in [0.4, 0.5) is 0 Å². The molecule has 3 heterocycles. The van der Waals surface area contributed by atoms with Crippen LogP contribution in [-0.2, 0) is 14.3 Å². The smallest absolute Gasteiger partial charge is 0.221 e. The molecular weight excluding hydrogens is 385 g/mol. The van der Waals surface area contributed by atoms with E-state index in [2.05, 4.69) is 33.0 Å². The molecule has 9 heteroatoms. The first-order valence-corrected chi connectivity index (χ1v) is 9.14. The van der Waals surface area contributed by atoms with Gasteiger partial charge in [0.1, 0.15) is 0 Å². The van der Waals surface area contributed by atoms with Crippen LogP contribution >= 0.6 is 36.2 Å². The highest BCUT2D eigenvalue weighted by atomic mass is 35.5. The Morgan fingerprint density at radius 2 is 2.12 bits per heavy atom. The molecule has 25 heavy (non-hydrogen) atoms. The molecule has 144 valence electrons. The number of morpholine rings is 2. The van der Waals surface area contributed by atoms with E-state index < -0.39 is 0 Å². The maximum absolute atomic E-state index is 12.2. The molecule has 1 aromatic heterocycles. The van der Waals surface area contributed by atoms with E-state index in [1.807, 2.05) is 0 Å². The molecule has 0 saturated carbocycles. The largest absolute Gasteiger partial charge is 0.379 e. The first-order chi connectivity index (χ1) is 11.3. The molecule has 1 amide bonds. The highest BCUT2D eigenvalue weighted by Crippen LogP contribution is 2.25. The summed E-state index contributed by atoms with van der Waals surface area (Å²) in [6, 6.07) is 4.58. The third-order valence-corrected chi connectivity index (χ3v) is 5.25. The van der Waals surface area contributed by atoms with Gasteiger partial charge in [-0.1, -0.05) is 6.07 Å². The lowest BCUT2D eigenvalue weighted by atomic mass is 10.1. The Bertz CT molecular complexity index is 481. The molecule has 3 rings (SSSR count). The summed E-state index contributed by atoms with van der Waals surface area (Å²) in [5, 5.41) is 8.51. The average Bonchev–Trinajstić information content (AvgIpc) is 3.11. The highest BCUT2D eigenvalue weighted by Gasteiger charge is 2.24. The maximum Gasteiger partial charge on any atom is 0.221 e. The second-order valence-electron chi connectivity index (χ2n) is 5.91. The van der Waals surface area contributed by atoms with E-state index >= 15 is 0 Å². The van der Waals surface area contributed by atoms with Crippen molar-refractivity contribution in [1.82, 2.24) is 15.5 Å². The van der Waals surface area contributed by atoms with E-state index in [0.29, 0.717) is 19.6 Å². The summed E-state index contributed by atoms with van der Waals surface area (Å²) in [4.78, 5) is 15.9. The van der Waals surface area contributed by atoms with E-state index in [0.717, 1.165) is 39.5 Å². The van der Waals surface area contributed by atoms with Crippen molar-refractivity contribution in [1.29, 1.82) is 0 Å². The number of nitrogens with zero attached hydrogens (tertiary/aromatic N) is 1. The molecule has 2 atom stereocenters. The maximum atomic E-state index is 12.2. The van der Waals surface area contributed by atoms with Crippen molar-refractivity contribution in [2.24, 2.45) is 0 Å². The first kappa shape index (κ1) is 22.6. The number of halogens is 2. The minimum atomic E-state index is 0. The predicted molar refractivity (Wildman–Crippen MR) is 104 cm³/mol. The summed E-state index contributed by atoms with van der Waals surface area (Å²) in [6.45, 7) is 6.17. The van der Waals surface area contributed by atoms with E-state index in [9.17, 15) is 4.79 Å². The quantitative estimate of drug-likeness (QED) is 0.741. The normalized spacial score (nSPS) is 22.3. The second-order valence-corrected chi connectivity index (χ2v) is 6.89. The van der Waals surface area contributed by atoms with Crippen LogP contribution in [0.2, 0.25) is 0 Å². The van der Waals surface area contributed by atoms with E-state index in [4.69, 9.17) is 9.47 Å². The molecule has 2 aliphatic heterocycles. The third kappa shape index (κ3) is 7.02. The van der Waals surface area contributed by atoms with Crippen molar-refractivity contribution < 1.29 is 14.3 Å². The lowest BCUT2D eigenvalue weighted by Gasteiger charge is -2.34. The summed E-state index contributed by atoms with van der Waals surface area (Å²) in [5.41, 5.74) is 0. The van der Waals surface area contributed by atoms with Crippen LogP contribution in [0.5, 0.6) is 0 Å². The molecule has 0 aromatic carbocycles. The average molecular weight is 412 g/mol. The van der Waals surface area contributed by atoms with Crippen molar-refractivity contribution in [3.05, 3.63) is 22.4 Å². The van der Waals surface area contributed by atoms with Gasteiger partial charge in [0.05, 0.1) is 32.5 Å². The first-order valence-electron chi connectivity index (χ1n) is 8.26. The minimum absolute atomic E-state index is 0. The lowest BCUT2D eigenvalue weighted by Crippen LogP contribution is -2.46. The molecule has 2 saturated heterocycles. The highest BCUT2D eigenvalue weighted by molar-refractivity contribution is 7.10. The summed E-state index contributed by atoms with van der Waals surface area (Å²) in [5.74, 6) is 0.0859. The predicted octanol–water partition coefficient (Wildman–Crippen LogP) is 1.46. The van der Waals surface area contributed by atoms with Gasteiger partial charge in [-0.3, -0.25) is 9.69 Å². The van der Waals surface area contributed by atoms with Crippen molar-refractivity contribution in [2.45, 2.75) is 18.5 Å². The van der Waals surface area contributed by atoms with Gasteiger partial charge in [0.25, 0.3) is 0 Å². The molecule has 2 N–H and O–H groups in total. The number of rotatable bonds is 6. The Hall–Kier alpha value is -0.410. The molecule has 0 radical (unpaired) electrons. The minimum Gasteiger partial charge on any atom is -0.379 e. The van der Waals surface area contributed by atoms with Gasteiger partial charge in [-0.2, -0.15) is 0 Å². The Balaban J connectivity index is 0.00000156. The summed E-state index contributed by atoms with van der Waals surface area (Å²) >= 11 is 1.75. The van der Waals surface area contributed by atoms with Gasteiger partial charge in [0, 0.05) is 43.5 Å². The van der Waals surface area contributed by atoms with Crippen LogP contribution in [0.15, 0.2) is 17.5 Å². The zero-order valence-electron chi connectivity index (χ0n) is 14.1. The van der Waals surface area contributed by atoms with Gasteiger partial charge < -0.3 is 20.1 Å². The lowest BCUT2D eigenvalue weighted by molar-refractivity contribution is -0.122. The summed E-state index contributed by atoms with van der Waals surface area (Å²) < 4.78 is 10.8. The molecule has 2 aliphatic rings. The molecule has 1 aromatic rings. The Labute approximate surface area is 165 Å². The molecule has 0 bridgehead atoms. The van der Waals surface area contributed by atoms with E-state index in [1.165, 1.54) is 4.88 Å². The third-order valence-electron chi connectivity index (χ3n) is 4.28. The number of hydrogen-bond donors (Lipinski definition) is 2. The van der Waals surface area contributed by atoms with Crippen LogP contribution in [0.3, 0.4) is 0 Å². The monoisotopic (exact) mass is 411 g/mol. The Morgan fingerprint density at radius 1 is 1.32 bits per heavy atom. The Morgan fingerprint density at radius 3 is 2.76 bits per heavy atom. The second kappa shape index (κ2) is 12.1. The Kier molecular flexibility index (Phi) is 10.9. The number of hydrogen-bond acceptors (Lipinski definition) is 6. The van der Waals surface area contributed by atoms with E-state index in [1.54, 1.807) is 11.3 Å². The standard InChI is InChI=1S/C16H25N3O3S.2ClH/c20-16(10-13-12-22-6-3-17-13)18-11-14(15-2-1-9-23-15)19-4-7-21-8-5-19;;/h1-2,9,13-14,17H,3-8,10-12H2,(H,18,20);2*1H. The van der Waals surface area contributed by atoms with Gasteiger partial charge in [-0.05, 0) is 11.4 Å². The zero-order valence-corrected chi connectivity index (χ0v) is 16.6. The van der Waals surface area contributed by atoms with Gasteiger partial charge in [0.2, 0.25) is 5.91 Å². The summed E-state index contributed by atoms with van der Waals surface area (Å²) in [6.07, 6.45) is 0.472. The number of nitrogens with one attached hydrogen (secondary N) is 2. The van der Waals surface area contributed by atoms with Gasteiger partial charge in [-0.15, -0.1) is 36.2 Å². The number of carbonyl (C=O) groups excluding carboxylic acids is 1. The molecule has 2 unspecified atom stereocenters.